The molecule has 2 aromatic heterocycles. The molecule has 1 aliphatic heterocycles. The van der Waals surface area contributed by atoms with E-state index in [1.807, 2.05) is 47.8 Å². The molecule has 5 nitrogen and oxygen atoms in total. The number of nitrogens with one attached hydrogen (secondary N) is 1. The fourth-order valence-corrected chi connectivity index (χ4v) is 5.36. The first-order valence-corrected chi connectivity index (χ1v) is 11.5. The lowest BCUT2D eigenvalue weighted by molar-refractivity contribution is 0.0376. The monoisotopic (exact) mass is 431 g/mol. The number of ketones is 1. The predicted molar refractivity (Wildman–Crippen MR) is 126 cm³/mol. The standard InChI is InChI=1S/C25H25N3O2S/c29-24(20-17-26-21-10-5-4-9-19(20)21)25(30)23(22-11-6-16-31-22)28-14-12-27(13-15-28)18-7-2-1-3-8-18/h1-11,16-17,23,25-26,30H,12-15H2/t23-,25+/m1/s1. The lowest BCUT2D eigenvalue weighted by Gasteiger charge is -2.41. The summed E-state index contributed by atoms with van der Waals surface area (Å²) in [5, 5.41) is 14.2. The van der Waals surface area contributed by atoms with Crippen LogP contribution in [0, 0.1) is 0 Å². The van der Waals surface area contributed by atoms with Gasteiger partial charge in [0.15, 0.2) is 5.78 Å². The van der Waals surface area contributed by atoms with E-state index >= 15 is 0 Å². The smallest absolute Gasteiger partial charge is 0.195 e. The van der Waals surface area contributed by atoms with Crippen LogP contribution in [0.15, 0.2) is 78.3 Å². The molecule has 4 aromatic rings. The predicted octanol–water partition coefficient (Wildman–Crippen LogP) is 4.34. The minimum Gasteiger partial charge on any atom is -0.383 e. The van der Waals surface area contributed by atoms with Crippen LogP contribution in [0.5, 0.6) is 0 Å². The number of carbonyl (C=O) groups excluding carboxylic acids is 1. The first kappa shape index (κ1) is 20.0. The zero-order valence-corrected chi connectivity index (χ0v) is 18.0. The molecule has 0 unspecified atom stereocenters. The topological polar surface area (TPSA) is 59.6 Å². The van der Waals surface area contributed by atoms with Gasteiger partial charge in [-0.3, -0.25) is 9.69 Å². The minimum absolute atomic E-state index is 0.235. The number of benzene rings is 2. The van der Waals surface area contributed by atoms with E-state index in [4.69, 9.17) is 0 Å². The molecule has 0 bridgehead atoms. The number of Topliss-reactive ketones (excluding diaryl/α,β-unsaturated/α-hetero) is 1. The van der Waals surface area contributed by atoms with E-state index in [-0.39, 0.29) is 11.8 Å². The van der Waals surface area contributed by atoms with Gasteiger partial charge in [-0.1, -0.05) is 42.5 Å². The maximum Gasteiger partial charge on any atom is 0.195 e. The van der Waals surface area contributed by atoms with Gasteiger partial charge >= 0.3 is 0 Å². The summed E-state index contributed by atoms with van der Waals surface area (Å²) >= 11 is 1.59. The van der Waals surface area contributed by atoms with Crippen molar-refractivity contribution in [3.63, 3.8) is 0 Å². The Morgan fingerprint density at radius 3 is 2.42 bits per heavy atom. The van der Waals surface area contributed by atoms with Crippen LogP contribution in [0.25, 0.3) is 10.9 Å². The number of rotatable bonds is 6. The van der Waals surface area contributed by atoms with Crippen molar-refractivity contribution in [1.82, 2.24) is 9.88 Å². The van der Waals surface area contributed by atoms with E-state index in [1.54, 1.807) is 17.5 Å². The van der Waals surface area contributed by atoms with Gasteiger partial charge < -0.3 is 15.0 Å². The average molecular weight is 432 g/mol. The molecule has 2 N–H and O–H groups in total. The molecule has 0 aliphatic carbocycles. The zero-order chi connectivity index (χ0) is 21.2. The SMILES string of the molecule is O=C(c1c[nH]c2ccccc12)[C@@H](O)[C@@H](c1cccs1)N1CCN(c2ccccc2)CC1. The number of piperazine rings is 1. The lowest BCUT2D eigenvalue weighted by Crippen LogP contribution is -2.51. The highest BCUT2D eigenvalue weighted by Crippen LogP contribution is 2.32. The molecule has 5 rings (SSSR count). The Hall–Kier alpha value is -2.93. The summed E-state index contributed by atoms with van der Waals surface area (Å²) in [4.78, 5) is 22.2. The van der Waals surface area contributed by atoms with E-state index < -0.39 is 6.10 Å². The molecular weight excluding hydrogens is 406 g/mol. The van der Waals surface area contributed by atoms with Crippen LogP contribution in [0.4, 0.5) is 5.69 Å². The van der Waals surface area contributed by atoms with Crippen LogP contribution in [-0.2, 0) is 0 Å². The van der Waals surface area contributed by atoms with E-state index in [9.17, 15) is 9.90 Å². The van der Waals surface area contributed by atoms with E-state index in [0.29, 0.717) is 5.56 Å². The number of aromatic nitrogens is 1. The van der Waals surface area contributed by atoms with Crippen molar-refractivity contribution >= 4 is 33.7 Å². The van der Waals surface area contributed by atoms with Crippen LogP contribution < -0.4 is 4.90 Å². The Morgan fingerprint density at radius 1 is 0.935 bits per heavy atom. The van der Waals surface area contributed by atoms with Gasteiger partial charge in [0.2, 0.25) is 0 Å². The van der Waals surface area contributed by atoms with Crippen molar-refractivity contribution in [2.24, 2.45) is 0 Å². The Balaban J connectivity index is 1.39. The number of fused-ring (bicyclic) bond motifs is 1. The van der Waals surface area contributed by atoms with Crippen molar-refractivity contribution < 1.29 is 9.90 Å². The lowest BCUT2D eigenvalue weighted by atomic mass is 9.97. The maximum absolute atomic E-state index is 13.4. The summed E-state index contributed by atoms with van der Waals surface area (Å²) in [6, 6.07) is 21.8. The van der Waals surface area contributed by atoms with Crippen molar-refractivity contribution in [3.05, 3.63) is 88.7 Å². The van der Waals surface area contributed by atoms with Gasteiger partial charge in [0.05, 0.1) is 6.04 Å². The molecule has 31 heavy (non-hydrogen) atoms. The summed E-state index contributed by atoms with van der Waals surface area (Å²) in [6.45, 7) is 3.30. The number of anilines is 1. The van der Waals surface area contributed by atoms with Crippen LogP contribution in [-0.4, -0.2) is 53.1 Å². The van der Waals surface area contributed by atoms with Crippen molar-refractivity contribution in [2.75, 3.05) is 31.1 Å². The number of para-hydroxylation sites is 2. The molecule has 3 heterocycles. The fraction of sp³-hybridized carbons (Fsp3) is 0.240. The third-order valence-corrected chi connectivity index (χ3v) is 7.03. The van der Waals surface area contributed by atoms with Gasteiger partial charge in [0, 0.05) is 59.4 Å². The highest BCUT2D eigenvalue weighted by molar-refractivity contribution is 7.10. The molecular formula is C25H25N3O2S. The van der Waals surface area contributed by atoms with Crippen molar-refractivity contribution in [1.29, 1.82) is 0 Å². The Kier molecular flexibility index (Phi) is 5.59. The maximum atomic E-state index is 13.4. The quantitative estimate of drug-likeness (QED) is 0.446. The molecule has 1 saturated heterocycles. The number of aliphatic hydroxyl groups excluding tert-OH is 1. The summed E-state index contributed by atoms with van der Waals surface area (Å²) in [6.07, 6.45) is 0.593. The second-order valence-electron chi connectivity index (χ2n) is 7.88. The number of thiophene rings is 1. The van der Waals surface area contributed by atoms with Gasteiger partial charge in [-0.05, 0) is 29.6 Å². The van der Waals surface area contributed by atoms with Crippen LogP contribution in [0.2, 0.25) is 0 Å². The number of hydrogen-bond donors (Lipinski definition) is 2. The summed E-state index contributed by atoms with van der Waals surface area (Å²) in [7, 11) is 0. The number of aliphatic hydroxyl groups is 1. The normalized spacial score (nSPS) is 17.0. The molecule has 2 aromatic carbocycles. The molecule has 0 saturated carbocycles. The van der Waals surface area contributed by atoms with Crippen LogP contribution in [0.1, 0.15) is 21.3 Å². The van der Waals surface area contributed by atoms with E-state index in [2.05, 4.69) is 39.0 Å². The van der Waals surface area contributed by atoms with Crippen LogP contribution in [0.3, 0.4) is 0 Å². The second-order valence-corrected chi connectivity index (χ2v) is 8.86. The number of H-pyrrole nitrogens is 1. The summed E-state index contributed by atoms with van der Waals surface area (Å²) in [5.74, 6) is -0.235. The average Bonchev–Trinajstić information content (AvgIpc) is 3.50. The first-order valence-electron chi connectivity index (χ1n) is 10.6. The number of carbonyl (C=O) groups is 1. The first-order chi connectivity index (χ1) is 15.2. The van der Waals surface area contributed by atoms with E-state index in [1.165, 1.54) is 5.69 Å². The van der Waals surface area contributed by atoms with Crippen molar-refractivity contribution in [2.45, 2.75) is 12.1 Å². The zero-order valence-electron chi connectivity index (χ0n) is 17.1. The van der Waals surface area contributed by atoms with Gasteiger partial charge in [-0.25, -0.2) is 0 Å². The molecule has 1 fully saturated rings. The molecule has 0 amide bonds. The Labute approximate surface area is 185 Å². The van der Waals surface area contributed by atoms with Gasteiger partial charge in [0.25, 0.3) is 0 Å². The van der Waals surface area contributed by atoms with E-state index in [0.717, 1.165) is 42.0 Å². The Morgan fingerprint density at radius 2 is 1.68 bits per heavy atom. The number of hydrogen-bond acceptors (Lipinski definition) is 5. The summed E-state index contributed by atoms with van der Waals surface area (Å²) in [5.41, 5.74) is 2.67. The molecule has 2 atom stereocenters. The highest BCUT2D eigenvalue weighted by Gasteiger charge is 2.36. The molecule has 0 spiro atoms. The van der Waals surface area contributed by atoms with Gasteiger partial charge in [0.1, 0.15) is 6.10 Å². The molecule has 6 heteroatoms. The third-order valence-electron chi connectivity index (χ3n) is 6.09. The van der Waals surface area contributed by atoms with Gasteiger partial charge in [-0.2, -0.15) is 0 Å². The molecule has 0 radical (unpaired) electrons. The third kappa shape index (κ3) is 3.90. The Bertz CT molecular complexity index is 1150. The molecule has 1 aliphatic rings. The van der Waals surface area contributed by atoms with Gasteiger partial charge in [-0.15, -0.1) is 11.3 Å². The van der Waals surface area contributed by atoms with Crippen LogP contribution >= 0.6 is 11.3 Å². The highest BCUT2D eigenvalue weighted by atomic mass is 32.1. The summed E-state index contributed by atoms with van der Waals surface area (Å²) < 4.78 is 0. The second kappa shape index (κ2) is 8.67. The fourth-order valence-electron chi connectivity index (χ4n) is 4.47. The number of nitrogens with zero attached hydrogens (tertiary/aromatic N) is 2. The largest absolute Gasteiger partial charge is 0.383 e. The van der Waals surface area contributed by atoms with Crippen molar-refractivity contribution in [3.8, 4) is 0 Å². The number of aromatic amines is 1. The molecule has 158 valence electrons. The minimum atomic E-state index is -1.12.